The molecule has 0 bridgehead atoms. The van der Waals surface area contributed by atoms with Gasteiger partial charge in [0.05, 0.1) is 12.1 Å². The van der Waals surface area contributed by atoms with Crippen molar-refractivity contribution in [3.63, 3.8) is 0 Å². The molecule has 0 radical (unpaired) electrons. The van der Waals surface area contributed by atoms with Gasteiger partial charge in [0.15, 0.2) is 0 Å². The number of hydrogen-bond donors (Lipinski definition) is 2. The first kappa shape index (κ1) is 18.4. The van der Waals surface area contributed by atoms with Crippen LogP contribution in [-0.2, 0) is 14.3 Å². The summed E-state index contributed by atoms with van der Waals surface area (Å²) in [4.78, 5) is 14.3. The highest BCUT2D eigenvalue weighted by Gasteiger charge is 2.44. The third-order valence-electron chi connectivity index (χ3n) is 4.37. The summed E-state index contributed by atoms with van der Waals surface area (Å²) in [5.74, 6) is -0.226. The van der Waals surface area contributed by atoms with Crippen molar-refractivity contribution in [3.05, 3.63) is 0 Å². The predicted molar refractivity (Wildman–Crippen MR) is 83.2 cm³/mol. The van der Waals surface area contributed by atoms with Crippen molar-refractivity contribution >= 4 is 5.91 Å². The Kier molecular flexibility index (Phi) is 8.18. The summed E-state index contributed by atoms with van der Waals surface area (Å²) in [7, 11) is 3.44. The highest BCUT2D eigenvalue weighted by molar-refractivity contribution is 5.85. The summed E-state index contributed by atoms with van der Waals surface area (Å²) in [5, 5.41) is 3.31. The van der Waals surface area contributed by atoms with E-state index in [1.54, 1.807) is 14.2 Å². The number of amides is 1. The molecule has 0 aromatic heterocycles. The molecule has 1 aliphatic carbocycles. The summed E-state index contributed by atoms with van der Waals surface area (Å²) < 4.78 is 10.3. The van der Waals surface area contributed by atoms with Crippen LogP contribution in [0.5, 0.6) is 0 Å². The fraction of sp³-hybridized carbons (Fsp3) is 0.933. The molecule has 0 heterocycles. The van der Waals surface area contributed by atoms with E-state index in [0.717, 1.165) is 51.9 Å². The summed E-state index contributed by atoms with van der Waals surface area (Å²) in [6.07, 6.45) is 3.58. The van der Waals surface area contributed by atoms with Gasteiger partial charge in [-0.3, -0.25) is 9.69 Å². The van der Waals surface area contributed by atoms with E-state index in [1.807, 2.05) is 6.92 Å². The van der Waals surface area contributed by atoms with Crippen LogP contribution in [0.15, 0.2) is 0 Å². The van der Waals surface area contributed by atoms with E-state index in [1.165, 1.54) is 0 Å². The van der Waals surface area contributed by atoms with Crippen LogP contribution < -0.4 is 11.1 Å². The number of carbonyl (C=O) groups is 1. The lowest BCUT2D eigenvalue weighted by Gasteiger charge is -2.31. The number of nitrogens with one attached hydrogen (secondary N) is 1. The minimum Gasteiger partial charge on any atom is -0.385 e. The number of methoxy groups -OCH3 is 2. The molecule has 3 N–H and O–H groups in total. The highest BCUT2D eigenvalue weighted by Crippen LogP contribution is 2.33. The number of rotatable bonds is 11. The second-order valence-corrected chi connectivity index (χ2v) is 5.75. The van der Waals surface area contributed by atoms with Crippen molar-refractivity contribution < 1.29 is 14.3 Å². The molecule has 6 heteroatoms. The van der Waals surface area contributed by atoms with Gasteiger partial charge < -0.3 is 20.5 Å². The number of hydrogen-bond acceptors (Lipinski definition) is 5. The molecule has 21 heavy (non-hydrogen) atoms. The minimum atomic E-state index is -0.536. The largest absolute Gasteiger partial charge is 0.385 e. The van der Waals surface area contributed by atoms with Crippen LogP contribution in [0, 0.1) is 0 Å². The molecule has 6 nitrogen and oxygen atoms in total. The Morgan fingerprint density at radius 2 is 2.05 bits per heavy atom. The molecule has 0 aromatic rings. The lowest BCUT2D eigenvalue weighted by Crippen LogP contribution is -2.54. The van der Waals surface area contributed by atoms with Crippen LogP contribution in [0.25, 0.3) is 0 Å². The zero-order valence-electron chi connectivity index (χ0n) is 13.7. The van der Waals surface area contributed by atoms with Crippen LogP contribution in [0.1, 0.15) is 32.6 Å². The first-order chi connectivity index (χ1) is 10.1. The maximum absolute atomic E-state index is 11.9. The average Bonchev–Trinajstić information content (AvgIpc) is 2.88. The number of nitrogens with zero attached hydrogens (tertiary/aromatic N) is 1. The third-order valence-corrected chi connectivity index (χ3v) is 4.37. The van der Waals surface area contributed by atoms with Crippen LogP contribution in [0.2, 0.25) is 0 Å². The molecular formula is C15H31N3O3. The van der Waals surface area contributed by atoms with E-state index >= 15 is 0 Å². The van der Waals surface area contributed by atoms with Gasteiger partial charge in [-0.2, -0.15) is 0 Å². The highest BCUT2D eigenvalue weighted by atomic mass is 16.5. The van der Waals surface area contributed by atoms with Gasteiger partial charge in [0.25, 0.3) is 0 Å². The Balaban J connectivity index is 2.63. The van der Waals surface area contributed by atoms with Gasteiger partial charge in [-0.1, -0.05) is 6.92 Å². The average molecular weight is 301 g/mol. The quantitative estimate of drug-likeness (QED) is 0.539. The molecule has 1 aliphatic rings. The topological polar surface area (TPSA) is 76.8 Å². The molecule has 124 valence electrons. The van der Waals surface area contributed by atoms with E-state index in [9.17, 15) is 4.79 Å². The number of carbonyl (C=O) groups excluding carboxylic acids is 1. The second-order valence-electron chi connectivity index (χ2n) is 5.75. The van der Waals surface area contributed by atoms with Gasteiger partial charge in [-0.25, -0.2) is 0 Å². The van der Waals surface area contributed by atoms with Crippen LogP contribution >= 0.6 is 0 Å². The van der Waals surface area contributed by atoms with Gasteiger partial charge in [0.2, 0.25) is 5.91 Å². The van der Waals surface area contributed by atoms with Crippen molar-refractivity contribution in [1.82, 2.24) is 10.2 Å². The van der Waals surface area contributed by atoms with Crippen molar-refractivity contribution in [2.45, 2.75) is 44.2 Å². The van der Waals surface area contributed by atoms with Crippen molar-refractivity contribution in [2.75, 3.05) is 47.1 Å². The van der Waals surface area contributed by atoms with E-state index in [0.29, 0.717) is 12.6 Å². The molecule has 1 rings (SSSR count). The van der Waals surface area contributed by atoms with Crippen molar-refractivity contribution in [2.24, 2.45) is 5.73 Å². The zero-order chi connectivity index (χ0) is 15.7. The molecule has 1 saturated carbocycles. The van der Waals surface area contributed by atoms with Gasteiger partial charge in [-0.15, -0.1) is 0 Å². The van der Waals surface area contributed by atoms with E-state index in [2.05, 4.69) is 10.2 Å². The Bertz CT molecular complexity index is 315. The lowest BCUT2D eigenvalue weighted by molar-refractivity contribution is -0.124. The van der Waals surface area contributed by atoms with Gasteiger partial charge in [0, 0.05) is 40.0 Å². The second kappa shape index (κ2) is 9.35. The van der Waals surface area contributed by atoms with Gasteiger partial charge in [0.1, 0.15) is 0 Å². The molecular weight excluding hydrogens is 270 g/mol. The summed E-state index contributed by atoms with van der Waals surface area (Å²) in [5.41, 5.74) is 5.10. The fourth-order valence-corrected chi connectivity index (χ4v) is 3.24. The van der Waals surface area contributed by atoms with Crippen LogP contribution in [0.3, 0.4) is 0 Å². The molecule has 1 fully saturated rings. The molecule has 2 atom stereocenters. The zero-order valence-corrected chi connectivity index (χ0v) is 13.7. The standard InChI is InChI=1S/C15H31N3O3/c1-4-17-15(14(16)19)7-6-13(12-15)18(9-11-21-3)8-5-10-20-2/h13,17H,4-12H2,1-3H3,(H2,16,19). The van der Waals surface area contributed by atoms with Gasteiger partial charge in [-0.05, 0) is 32.2 Å². The molecule has 2 unspecified atom stereocenters. The maximum atomic E-state index is 11.9. The van der Waals surface area contributed by atoms with Crippen molar-refractivity contribution in [3.8, 4) is 0 Å². The lowest BCUT2D eigenvalue weighted by atomic mass is 9.96. The van der Waals surface area contributed by atoms with E-state index < -0.39 is 5.54 Å². The Hall–Kier alpha value is -0.690. The first-order valence-corrected chi connectivity index (χ1v) is 7.86. The van der Waals surface area contributed by atoms with Crippen molar-refractivity contribution in [1.29, 1.82) is 0 Å². The monoisotopic (exact) mass is 301 g/mol. The third kappa shape index (κ3) is 5.21. The number of likely N-dealkylation sites (N-methyl/N-ethyl adjacent to an activating group) is 1. The smallest absolute Gasteiger partial charge is 0.237 e. The molecule has 0 aliphatic heterocycles. The molecule has 0 spiro atoms. The predicted octanol–water partition coefficient (Wildman–Crippen LogP) is 0.357. The summed E-state index contributed by atoms with van der Waals surface area (Å²) >= 11 is 0. The number of ether oxygens (including phenoxy) is 2. The van der Waals surface area contributed by atoms with Gasteiger partial charge >= 0.3 is 0 Å². The SMILES string of the molecule is CCNC1(C(N)=O)CCC(N(CCCOC)CCOC)C1. The van der Waals surface area contributed by atoms with Crippen LogP contribution in [0.4, 0.5) is 0 Å². The Morgan fingerprint density at radius 3 is 2.62 bits per heavy atom. The molecule has 1 amide bonds. The first-order valence-electron chi connectivity index (χ1n) is 7.86. The number of primary amides is 1. The minimum absolute atomic E-state index is 0.226. The summed E-state index contributed by atoms with van der Waals surface area (Å²) in [6, 6.07) is 0.378. The fourth-order valence-electron chi connectivity index (χ4n) is 3.24. The maximum Gasteiger partial charge on any atom is 0.237 e. The number of nitrogens with two attached hydrogens (primary N) is 1. The molecule has 0 saturated heterocycles. The Morgan fingerprint density at radius 1 is 1.33 bits per heavy atom. The van der Waals surface area contributed by atoms with E-state index in [-0.39, 0.29) is 5.91 Å². The Labute approximate surface area is 128 Å². The normalized spacial score (nSPS) is 25.6. The molecule has 0 aromatic carbocycles. The summed E-state index contributed by atoms with van der Waals surface area (Å²) in [6.45, 7) is 6.07. The van der Waals surface area contributed by atoms with Crippen LogP contribution in [-0.4, -0.2) is 69.5 Å². The van der Waals surface area contributed by atoms with E-state index in [4.69, 9.17) is 15.2 Å².